The Labute approximate surface area is 135 Å². The summed E-state index contributed by atoms with van der Waals surface area (Å²) in [6.45, 7) is 0.480. The predicted molar refractivity (Wildman–Crippen MR) is 84.2 cm³/mol. The van der Waals surface area contributed by atoms with Gasteiger partial charge in [0.15, 0.2) is 0 Å². The molecule has 21 heavy (non-hydrogen) atoms. The molecule has 0 spiro atoms. The number of benzene rings is 2. The van der Waals surface area contributed by atoms with E-state index in [1.165, 1.54) is 19.2 Å². The maximum Gasteiger partial charge on any atom is 0.340 e. The minimum Gasteiger partial charge on any atom is -0.465 e. The van der Waals surface area contributed by atoms with Crippen molar-refractivity contribution < 1.29 is 13.9 Å². The average molecular weight is 373 g/mol. The van der Waals surface area contributed by atoms with Gasteiger partial charge in [-0.25, -0.2) is 9.18 Å². The van der Waals surface area contributed by atoms with Crippen molar-refractivity contribution in [2.24, 2.45) is 0 Å². The monoisotopic (exact) mass is 371 g/mol. The number of esters is 1. The van der Waals surface area contributed by atoms with Crippen LogP contribution in [0.15, 0.2) is 40.9 Å². The quantitative estimate of drug-likeness (QED) is 0.795. The molecule has 2 rings (SSSR count). The summed E-state index contributed by atoms with van der Waals surface area (Å²) >= 11 is 9.38. The van der Waals surface area contributed by atoms with E-state index in [0.717, 1.165) is 10.0 Å². The molecule has 0 aromatic heterocycles. The molecule has 0 heterocycles. The number of ether oxygens (including phenoxy) is 1. The zero-order valence-corrected chi connectivity index (χ0v) is 13.5. The van der Waals surface area contributed by atoms with Gasteiger partial charge in [-0.1, -0.05) is 27.5 Å². The van der Waals surface area contributed by atoms with E-state index < -0.39 is 11.8 Å². The molecule has 0 fully saturated rings. The molecule has 110 valence electrons. The number of rotatable bonds is 4. The molecule has 0 saturated heterocycles. The van der Waals surface area contributed by atoms with Gasteiger partial charge in [-0.2, -0.15) is 0 Å². The third-order valence-electron chi connectivity index (χ3n) is 2.86. The lowest BCUT2D eigenvalue weighted by molar-refractivity contribution is 0.0595. The van der Waals surface area contributed by atoms with Gasteiger partial charge in [-0.3, -0.25) is 0 Å². The summed E-state index contributed by atoms with van der Waals surface area (Å²) in [5.41, 5.74) is 1.46. The maximum absolute atomic E-state index is 13.5. The predicted octanol–water partition coefficient (Wildman–Crippen LogP) is 4.64. The van der Waals surface area contributed by atoms with E-state index in [-0.39, 0.29) is 5.56 Å². The van der Waals surface area contributed by atoms with Crippen LogP contribution in [0, 0.1) is 5.82 Å². The van der Waals surface area contributed by atoms with Gasteiger partial charge in [0.1, 0.15) is 5.82 Å². The van der Waals surface area contributed by atoms with Crippen molar-refractivity contribution in [3.63, 3.8) is 0 Å². The molecule has 0 unspecified atom stereocenters. The molecule has 6 heteroatoms. The fourth-order valence-corrected chi connectivity index (χ4v) is 2.36. The molecule has 3 nitrogen and oxygen atoms in total. The first-order valence-corrected chi connectivity index (χ1v) is 7.24. The summed E-state index contributed by atoms with van der Waals surface area (Å²) in [4.78, 5) is 11.4. The number of nitrogens with one attached hydrogen (secondary N) is 1. The molecule has 0 saturated carbocycles. The van der Waals surface area contributed by atoms with Gasteiger partial charge in [0.25, 0.3) is 0 Å². The molecule has 1 N–H and O–H groups in total. The smallest absolute Gasteiger partial charge is 0.340 e. The van der Waals surface area contributed by atoms with Crippen LogP contribution in [-0.2, 0) is 11.3 Å². The summed E-state index contributed by atoms with van der Waals surface area (Å²) in [7, 11) is 1.21. The first-order valence-electron chi connectivity index (χ1n) is 6.07. The number of carbonyl (C=O) groups is 1. The molecule has 0 amide bonds. The summed E-state index contributed by atoms with van der Waals surface area (Å²) in [5.74, 6) is -1.32. The molecule has 0 bridgehead atoms. The van der Waals surface area contributed by atoms with Crippen LogP contribution in [0.3, 0.4) is 0 Å². The third-order valence-corrected chi connectivity index (χ3v) is 3.87. The van der Waals surface area contributed by atoms with Crippen LogP contribution in [0.4, 0.5) is 10.1 Å². The van der Waals surface area contributed by atoms with Gasteiger partial charge in [0.2, 0.25) is 0 Å². The van der Waals surface area contributed by atoms with Crippen LogP contribution in [0.5, 0.6) is 0 Å². The lowest BCUT2D eigenvalue weighted by Gasteiger charge is -2.10. The number of hydrogen-bond donors (Lipinski definition) is 1. The van der Waals surface area contributed by atoms with Crippen molar-refractivity contribution >= 4 is 39.2 Å². The van der Waals surface area contributed by atoms with Crippen molar-refractivity contribution in [1.29, 1.82) is 0 Å². The van der Waals surface area contributed by atoms with Crippen molar-refractivity contribution in [3.05, 3.63) is 62.8 Å². The Hall–Kier alpha value is -1.59. The Morgan fingerprint density at radius 3 is 2.81 bits per heavy atom. The summed E-state index contributed by atoms with van der Waals surface area (Å²) in [5, 5.41) is 3.74. The van der Waals surface area contributed by atoms with Crippen molar-refractivity contribution in [2.75, 3.05) is 12.4 Å². The normalized spacial score (nSPS) is 10.3. The van der Waals surface area contributed by atoms with E-state index in [0.29, 0.717) is 17.3 Å². The molecular formula is C15H12BrClFNO2. The first-order chi connectivity index (χ1) is 10.0. The van der Waals surface area contributed by atoms with Crippen LogP contribution in [0.25, 0.3) is 0 Å². The molecule has 0 radical (unpaired) electrons. The van der Waals surface area contributed by atoms with Crippen molar-refractivity contribution in [1.82, 2.24) is 0 Å². The summed E-state index contributed by atoms with van der Waals surface area (Å²) in [6.07, 6.45) is 0. The molecule has 0 atom stereocenters. The second-order valence-electron chi connectivity index (χ2n) is 4.28. The third kappa shape index (κ3) is 3.95. The number of anilines is 1. The van der Waals surface area contributed by atoms with E-state index in [9.17, 15) is 9.18 Å². The van der Waals surface area contributed by atoms with Gasteiger partial charge in [-0.15, -0.1) is 0 Å². The lowest BCUT2D eigenvalue weighted by Crippen LogP contribution is -2.06. The molecule has 0 aliphatic heterocycles. The highest BCUT2D eigenvalue weighted by atomic mass is 79.9. The number of methoxy groups -OCH3 is 1. The standard InChI is InChI=1S/C15H12BrClFNO2/c1-21-15(20)12-7-11(3-5-14(12)18)19-8-9-6-10(17)2-4-13(9)16/h2-7,19H,8H2,1H3. The topological polar surface area (TPSA) is 38.3 Å². The minimum atomic E-state index is -0.708. The Morgan fingerprint density at radius 1 is 1.33 bits per heavy atom. The zero-order valence-electron chi connectivity index (χ0n) is 11.1. The van der Waals surface area contributed by atoms with Gasteiger partial charge in [0.05, 0.1) is 12.7 Å². The summed E-state index contributed by atoms with van der Waals surface area (Å²) < 4.78 is 19.0. The van der Waals surface area contributed by atoms with Crippen LogP contribution < -0.4 is 5.32 Å². The zero-order chi connectivity index (χ0) is 15.4. The Bertz CT molecular complexity index is 679. The van der Waals surface area contributed by atoms with Crippen LogP contribution in [0.1, 0.15) is 15.9 Å². The van der Waals surface area contributed by atoms with Crippen molar-refractivity contribution in [2.45, 2.75) is 6.54 Å². The molecular weight excluding hydrogens is 361 g/mol. The molecule has 2 aromatic carbocycles. The van der Waals surface area contributed by atoms with Crippen molar-refractivity contribution in [3.8, 4) is 0 Å². The molecule has 0 aliphatic rings. The fourth-order valence-electron chi connectivity index (χ4n) is 1.78. The average Bonchev–Trinajstić information content (AvgIpc) is 2.48. The highest BCUT2D eigenvalue weighted by Gasteiger charge is 2.12. The highest BCUT2D eigenvalue weighted by Crippen LogP contribution is 2.23. The van der Waals surface area contributed by atoms with E-state index in [2.05, 4.69) is 26.0 Å². The van der Waals surface area contributed by atoms with Gasteiger partial charge < -0.3 is 10.1 Å². The Morgan fingerprint density at radius 2 is 2.10 bits per heavy atom. The van der Waals surface area contributed by atoms with Gasteiger partial charge in [0, 0.05) is 21.7 Å². The summed E-state index contributed by atoms with van der Waals surface area (Å²) in [6, 6.07) is 9.65. The van der Waals surface area contributed by atoms with Gasteiger partial charge in [-0.05, 0) is 42.0 Å². The maximum atomic E-state index is 13.5. The van der Waals surface area contributed by atoms with E-state index >= 15 is 0 Å². The van der Waals surface area contributed by atoms with E-state index in [1.54, 1.807) is 12.1 Å². The highest BCUT2D eigenvalue weighted by molar-refractivity contribution is 9.10. The second-order valence-corrected chi connectivity index (χ2v) is 5.57. The Kier molecular flexibility index (Phi) is 5.20. The minimum absolute atomic E-state index is 0.104. The second kappa shape index (κ2) is 6.91. The van der Waals surface area contributed by atoms with Crippen LogP contribution in [-0.4, -0.2) is 13.1 Å². The van der Waals surface area contributed by atoms with Crippen LogP contribution >= 0.6 is 27.5 Å². The number of hydrogen-bond acceptors (Lipinski definition) is 3. The van der Waals surface area contributed by atoms with Gasteiger partial charge >= 0.3 is 5.97 Å². The molecule has 2 aromatic rings. The van der Waals surface area contributed by atoms with Crippen LogP contribution in [0.2, 0.25) is 5.02 Å². The fraction of sp³-hybridized carbons (Fsp3) is 0.133. The van der Waals surface area contributed by atoms with E-state index in [4.69, 9.17) is 11.6 Å². The van der Waals surface area contributed by atoms with E-state index in [1.807, 2.05) is 12.1 Å². The Balaban J connectivity index is 2.17. The SMILES string of the molecule is COC(=O)c1cc(NCc2cc(Cl)ccc2Br)ccc1F. The number of carbonyl (C=O) groups excluding carboxylic acids is 1. The lowest BCUT2D eigenvalue weighted by atomic mass is 10.1. The number of halogens is 3. The first kappa shape index (κ1) is 15.8. The largest absolute Gasteiger partial charge is 0.465 e. The molecule has 0 aliphatic carbocycles.